The van der Waals surface area contributed by atoms with Crippen LogP contribution in [-0.2, 0) is 5.75 Å². The number of ether oxygens (including phenoxy) is 2. The van der Waals surface area contributed by atoms with Crippen LogP contribution in [-0.4, -0.2) is 24.0 Å². The summed E-state index contributed by atoms with van der Waals surface area (Å²) in [5.74, 6) is 1.62. The number of hydrogen-bond acceptors (Lipinski definition) is 5. The van der Waals surface area contributed by atoms with E-state index in [4.69, 9.17) is 9.47 Å². The number of aryl methyl sites for hydroxylation is 1. The maximum absolute atomic E-state index is 11.8. The van der Waals surface area contributed by atoms with E-state index < -0.39 is 0 Å². The number of rotatable bonds is 4. The highest BCUT2D eigenvalue weighted by molar-refractivity contribution is 7.79. The van der Waals surface area contributed by atoms with Crippen LogP contribution in [0.3, 0.4) is 0 Å². The Morgan fingerprint density at radius 2 is 2.00 bits per heavy atom. The lowest BCUT2D eigenvalue weighted by atomic mass is 10.2. The Morgan fingerprint density at radius 3 is 2.60 bits per heavy atom. The van der Waals surface area contributed by atoms with Crippen molar-refractivity contribution < 1.29 is 9.47 Å². The molecule has 0 amide bonds. The topological polar surface area (TPSA) is 53.4 Å². The molecule has 0 spiro atoms. The van der Waals surface area contributed by atoms with Gasteiger partial charge in [-0.05, 0) is 19.1 Å². The maximum atomic E-state index is 11.8. The smallest absolute Gasteiger partial charge is 0.204 e. The quantitative estimate of drug-likeness (QED) is 0.876. The minimum absolute atomic E-state index is 0.115. The molecule has 0 N–H and O–H groups in total. The van der Waals surface area contributed by atoms with Gasteiger partial charge in [0, 0.05) is 23.6 Å². The van der Waals surface area contributed by atoms with Crippen LogP contribution >= 0.6 is 12.6 Å². The molecule has 0 bridgehead atoms. The van der Waals surface area contributed by atoms with Gasteiger partial charge in [-0.1, -0.05) is 0 Å². The van der Waals surface area contributed by atoms with Gasteiger partial charge in [0.15, 0.2) is 0 Å². The molecule has 0 fully saturated rings. The Hall–Kier alpha value is -1.95. The lowest BCUT2D eigenvalue weighted by Gasteiger charge is -2.15. The van der Waals surface area contributed by atoms with Gasteiger partial charge < -0.3 is 9.47 Å². The van der Waals surface area contributed by atoms with Crippen LogP contribution in [0.25, 0.3) is 5.69 Å². The molecule has 1 aromatic heterocycles. The van der Waals surface area contributed by atoms with Crippen molar-refractivity contribution in [2.24, 2.45) is 0 Å². The van der Waals surface area contributed by atoms with E-state index in [0.29, 0.717) is 28.6 Å². The van der Waals surface area contributed by atoms with Gasteiger partial charge in [0.2, 0.25) is 5.43 Å². The third-order valence-corrected chi connectivity index (χ3v) is 3.24. The Bertz CT molecular complexity index is 683. The molecule has 6 heteroatoms. The molecule has 0 radical (unpaired) electrons. The highest BCUT2D eigenvalue weighted by Gasteiger charge is 2.12. The Balaban J connectivity index is 2.69. The van der Waals surface area contributed by atoms with Crippen molar-refractivity contribution in [1.29, 1.82) is 0 Å². The van der Waals surface area contributed by atoms with Crippen molar-refractivity contribution in [2.45, 2.75) is 12.7 Å². The van der Waals surface area contributed by atoms with E-state index in [1.165, 1.54) is 6.07 Å². The zero-order valence-electron chi connectivity index (χ0n) is 11.6. The number of methoxy groups -OCH3 is 2. The normalized spacial score (nSPS) is 10.4. The summed E-state index contributed by atoms with van der Waals surface area (Å²) in [5, 5.41) is 4.34. The fraction of sp³-hybridized carbons (Fsp3) is 0.286. The molecular weight excluding hydrogens is 276 g/mol. The first kappa shape index (κ1) is 14.5. The summed E-state index contributed by atoms with van der Waals surface area (Å²) in [4.78, 5) is 11.8. The van der Waals surface area contributed by atoms with Crippen LogP contribution in [0, 0.1) is 6.92 Å². The highest BCUT2D eigenvalue weighted by Crippen LogP contribution is 2.27. The lowest BCUT2D eigenvalue weighted by molar-refractivity contribution is 0.400. The number of aromatic nitrogens is 2. The van der Waals surface area contributed by atoms with Crippen LogP contribution in [0.4, 0.5) is 0 Å². The number of benzene rings is 1. The predicted octanol–water partition coefficient (Wildman–Crippen LogP) is 1.99. The summed E-state index contributed by atoms with van der Waals surface area (Å²) >= 11 is 4.13. The summed E-state index contributed by atoms with van der Waals surface area (Å²) in [5.41, 5.74) is 1.71. The first-order chi connectivity index (χ1) is 9.60. The predicted molar refractivity (Wildman–Crippen MR) is 80.4 cm³/mol. The summed E-state index contributed by atoms with van der Waals surface area (Å²) in [6.45, 7) is 1.82. The molecule has 0 aliphatic heterocycles. The van der Waals surface area contributed by atoms with Crippen LogP contribution < -0.4 is 14.9 Å². The Labute approximate surface area is 122 Å². The SMILES string of the molecule is COc1ccc(OC)c(-n2nc(CS)c(=O)cc2C)c1. The molecule has 1 aromatic carbocycles. The van der Waals surface area contributed by atoms with Gasteiger partial charge >= 0.3 is 0 Å². The second-order valence-corrected chi connectivity index (χ2v) is 4.52. The summed E-state index contributed by atoms with van der Waals surface area (Å²) in [6, 6.07) is 6.95. The first-order valence-electron chi connectivity index (χ1n) is 6.03. The zero-order valence-corrected chi connectivity index (χ0v) is 12.5. The van der Waals surface area contributed by atoms with E-state index in [1.807, 2.05) is 13.0 Å². The van der Waals surface area contributed by atoms with E-state index in [9.17, 15) is 4.79 Å². The molecule has 0 aliphatic rings. The van der Waals surface area contributed by atoms with Crippen molar-refractivity contribution in [3.8, 4) is 17.2 Å². The van der Waals surface area contributed by atoms with Crippen LogP contribution in [0.2, 0.25) is 0 Å². The van der Waals surface area contributed by atoms with Crippen molar-refractivity contribution >= 4 is 12.6 Å². The van der Waals surface area contributed by atoms with Crippen LogP contribution in [0.1, 0.15) is 11.4 Å². The van der Waals surface area contributed by atoms with Crippen molar-refractivity contribution in [2.75, 3.05) is 14.2 Å². The van der Waals surface area contributed by atoms with Crippen LogP contribution in [0.5, 0.6) is 11.5 Å². The molecule has 0 atom stereocenters. The fourth-order valence-corrected chi connectivity index (χ4v) is 2.12. The van der Waals surface area contributed by atoms with Crippen LogP contribution in [0.15, 0.2) is 29.1 Å². The van der Waals surface area contributed by atoms with E-state index >= 15 is 0 Å². The van der Waals surface area contributed by atoms with Gasteiger partial charge in [0.25, 0.3) is 0 Å². The standard InChI is InChI=1S/C14H16N2O3S/c1-9-6-13(17)11(8-20)15-16(9)12-7-10(18-2)4-5-14(12)19-3/h4-7,20H,8H2,1-3H3. The van der Waals surface area contributed by atoms with Gasteiger partial charge in [-0.25, -0.2) is 4.68 Å². The molecule has 2 rings (SSSR count). The molecule has 0 unspecified atom stereocenters. The summed E-state index contributed by atoms with van der Waals surface area (Å²) < 4.78 is 12.2. The van der Waals surface area contributed by atoms with Gasteiger partial charge in [-0.2, -0.15) is 17.7 Å². The molecular formula is C14H16N2O3S. The van der Waals surface area contributed by atoms with Gasteiger partial charge in [-0.15, -0.1) is 0 Å². The third kappa shape index (κ3) is 2.65. The molecule has 1 heterocycles. The average molecular weight is 292 g/mol. The van der Waals surface area contributed by atoms with E-state index in [0.717, 1.165) is 0 Å². The average Bonchev–Trinajstić information content (AvgIpc) is 2.47. The molecule has 2 aromatic rings. The maximum Gasteiger partial charge on any atom is 0.204 e. The van der Waals surface area contributed by atoms with E-state index in [2.05, 4.69) is 17.7 Å². The van der Waals surface area contributed by atoms with Crippen molar-refractivity contribution in [3.05, 3.63) is 45.9 Å². The fourth-order valence-electron chi connectivity index (χ4n) is 1.90. The Morgan fingerprint density at radius 1 is 1.25 bits per heavy atom. The molecule has 0 saturated carbocycles. The monoisotopic (exact) mass is 292 g/mol. The largest absolute Gasteiger partial charge is 0.497 e. The Kier molecular flexibility index (Phi) is 4.34. The summed E-state index contributed by atoms with van der Waals surface area (Å²) in [7, 11) is 3.18. The molecule has 5 nitrogen and oxygen atoms in total. The number of thiol groups is 1. The van der Waals surface area contributed by atoms with Crippen molar-refractivity contribution in [3.63, 3.8) is 0 Å². The molecule has 0 saturated heterocycles. The first-order valence-corrected chi connectivity index (χ1v) is 6.67. The van der Waals surface area contributed by atoms with Gasteiger partial charge in [-0.3, -0.25) is 4.79 Å². The summed E-state index contributed by atoms with van der Waals surface area (Å²) in [6.07, 6.45) is 0. The van der Waals surface area contributed by atoms with Crippen molar-refractivity contribution in [1.82, 2.24) is 9.78 Å². The number of hydrogen-bond donors (Lipinski definition) is 1. The molecule has 106 valence electrons. The minimum Gasteiger partial charge on any atom is -0.497 e. The number of nitrogens with zero attached hydrogens (tertiary/aromatic N) is 2. The second kappa shape index (κ2) is 6.00. The molecule has 0 aliphatic carbocycles. The molecule has 20 heavy (non-hydrogen) atoms. The second-order valence-electron chi connectivity index (χ2n) is 4.20. The third-order valence-electron chi connectivity index (χ3n) is 2.94. The van der Waals surface area contributed by atoms with E-state index in [1.54, 1.807) is 31.0 Å². The minimum atomic E-state index is -0.115. The highest BCUT2D eigenvalue weighted by atomic mass is 32.1. The zero-order chi connectivity index (χ0) is 14.7. The lowest BCUT2D eigenvalue weighted by Crippen LogP contribution is -2.18. The van der Waals surface area contributed by atoms with Gasteiger partial charge in [0.1, 0.15) is 22.9 Å². The van der Waals surface area contributed by atoms with Gasteiger partial charge in [0.05, 0.1) is 14.2 Å². The van der Waals surface area contributed by atoms with E-state index in [-0.39, 0.29) is 11.2 Å².